The molecule has 1 N–H and O–H groups in total. The van der Waals surface area contributed by atoms with Crippen LogP contribution in [0.5, 0.6) is 0 Å². The van der Waals surface area contributed by atoms with Gasteiger partial charge in [0.25, 0.3) is 0 Å². The van der Waals surface area contributed by atoms with Crippen molar-refractivity contribution >= 4 is 23.3 Å². The second-order valence-corrected chi connectivity index (χ2v) is 8.11. The lowest BCUT2D eigenvalue weighted by molar-refractivity contribution is -0.137. The molecular formula is C21H26F3NO3S. The number of halogens is 3. The van der Waals surface area contributed by atoms with E-state index in [2.05, 4.69) is 5.48 Å². The maximum atomic E-state index is 12.6. The Hall–Kier alpha value is -1.80. The first-order valence-corrected chi connectivity index (χ1v) is 10.7. The van der Waals surface area contributed by atoms with E-state index in [1.54, 1.807) is 0 Å². The molecule has 8 heteroatoms. The van der Waals surface area contributed by atoms with Gasteiger partial charge in [-0.15, -0.1) is 11.8 Å². The Labute approximate surface area is 173 Å². The number of benzene rings is 1. The Morgan fingerprint density at radius 3 is 2.28 bits per heavy atom. The van der Waals surface area contributed by atoms with E-state index in [0.29, 0.717) is 43.7 Å². The van der Waals surface area contributed by atoms with Crippen LogP contribution < -0.4 is 5.48 Å². The molecule has 0 bridgehead atoms. The van der Waals surface area contributed by atoms with E-state index in [-0.39, 0.29) is 23.1 Å². The van der Waals surface area contributed by atoms with Gasteiger partial charge in [-0.1, -0.05) is 13.8 Å². The fourth-order valence-corrected chi connectivity index (χ4v) is 4.14. The minimum atomic E-state index is -4.34. The number of ketones is 2. The van der Waals surface area contributed by atoms with Gasteiger partial charge < -0.3 is 0 Å². The van der Waals surface area contributed by atoms with Crippen molar-refractivity contribution in [2.24, 2.45) is 5.92 Å². The first kappa shape index (κ1) is 23.5. The van der Waals surface area contributed by atoms with Crippen LogP contribution in [0.15, 0.2) is 40.4 Å². The molecule has 0 aliphatic heterocycles. The fourth-order valence-electron chi connectivity index (χ4n) is 3.12. The summed E-state index contributed by atoms with van der Waals surface area (Å²) in [5, 5.41) is 0. The summed E-state index contributed by atoms with van der Waals surface area (Å²) in [4.78, 5) is 31.1. The first-order chi connectivity index (χ1) is 13.8. The van der Waals surface area contributed by atoms with Crippen LogP contribution in [0.25, 0.3) is 0 Å². The summed E-state index contributed by atoms with van der Waals surface area (Å²) in [6.07, 6.45) is -1.77. The minimum absolute atomic E-state index is 0.0460. The third-order valence-electron chi connectivity index (χ3n) is 4.64. The van der Waals surface area contributed by atoms with E-state index in [1.807, 2.05) is 13.8 Å². The number of alkyl halides is 3. The van der Waals surface area contributed by atoms with Gasteiger partial charge in [0, 0.05) is 17.7 Å². The van der Waals surface area contributed by atoms with Crippen LogP contribution in [0.2, 0.25) is 0 Å². The van der Waals surface area contributed by atoms with Crippen molar-refractivity contribution in [2.75, 3.05) is 12.4 Å². The van der Waals surface area contributed by atoms with Crippen molar-refractivity contribution in [2.45, 2.75) is 57.0 Å². The molecule has 160 valence electrons. The zero-order valence-corrected chi connectivity index (χ0v) is 17.4. The number of rotatable bonds is 9. The number of hydroxylamine groups is 1. The molecule has 0 aromatic heterocycles. The molecule has 1 aromatic rings. The van der Waals surface area contributed by atoms with Crippen LogP contribution in [-0.4, -0.2) is 23.9 Å². The highest BCUT2D eigenvalue weighted by atomic mass is 32.2. The van der Waals surface area contributed by atoms with Crippen LogP contribution >= 0.6 is 11.8 Å². The van der Waals surface area contributed by atoms with Crippen molar-refractivity contribution in [1.82, 2.24) is 5.48 Å². The molecular weight excluding hydrogens is 403 g/mol. The number of allylic oxidation sites excluding steroid dienone is 2. The van der Waals surface area contributed by atoms with E-state index in [4.69, 9.17) is 4.84 Å². The molecule has 0 spiro atoms. The van der Waals surface area contributed by atoms with Crippen LogP contribution in [0, 0.1) is 5.92 Å². The molecule has 1 aromatic carbocycles. The molecule has 4 nitrogen and oxygen atoms in total. The summed E-state index contributed by atoms with van der Waals surface area (Å²) < 4.78 is 37.8. The lowest BCUT2D eigenvalue weighted by atomic mass is 9.81. The van der Waals surface area contributed by atoms with Crippen molar-refractivity contribution in [3.63, 3.8) is 0 Å². The average Bonchev–Trinajstić information content (AvgIpc) is 2.66. The molecule has 0 heterocycles. The lowest BCUT2D eigenvalue weighted by Crippen LogP contribution is -2.30. The maximum absolute atomic E-state index is 12.6. The summed E-state index contributed by atoms with van der Waals surface area (Å²) in [5.74, 6) is 0.245. The van der Waals surface area contributed by atoms with E-state index >= 15 is 0 Å². The quantitative estimate of drug-likeness (QED) is 0.189. The van der Waals surface area contributed by atoms with Crippen LogP contribution in [0.1, 0.15) is 51.5 Å². The standard InChI is InChI=1S/C21H26F3NO3S/c1-3-10-28-25-17(4-2)20-18(26)12-14(13-19(20)27)9-11-29-16-7-5-15(6-8-16)21(22,23)24/h5-8,14,25H,3-4,9-13H2,1-2H3. The van der Waals surface area contributed by atoms with Gasteiger partial charge in [-0.3, -0.25) is 19.9 Å². The number of thioether (sulfide) groups is 1. The molecule has 1 fully saturated rings. The lowest BCUT2D eigenvalue weighted by Gasteiger charge is -2.24. The molecule has 1 aliphatic rings. The van der Waals surface area contributed by atoms with Gasteiger partial charge in [0.05, 0.1) is 23.4 Å². The minimum Gasteiger partial charge on any atom is -0.294 e. The summed E-state index contributed by atoms with van der Waals surface area (Å²) >= 11 is 1.43. The van der Waals surface area contributed by atoms with E-state index in [9.17, 15) is 22.8 Å². The molecule has 0 unspecified atom stereocenters. The Kier molecular flexibility index (Phi) is 8.77. The van der Waals surface area contributed by atoms with Crippen LogP contribution in [0.4, 0.5) is 13.2 Å². The summed E-state index contributed by atoms with van der Waals surface area (Å²) in [6, 6.07) is 5.02. The number of nitrogens with one attached hydrogen (secondary N) is 1. The third-order valence-corrected chi connectivity index (χ3v) is 5.68. The second kappa shape index (κ2) is 10.8. The van der Waals surface area contributed by atoms with Gasteiger partial charge in [0.15, 0.2) is 11.6 Å². The van der Waals surface area contributed by atoms with Crippen molar-refractivity contribution in [3.8, 4) is 0 Å². The summed E-state index contributed by atoms with van der Waals surface area (Å²) in [6.45, 7) is 4.31. The molecule has 2 rings (SSSR count). The summed E-state index contributed by atoms with van der Waals surface area (Å²) in [5.41, 5.74) is 2.83. The molecule has 29 heavy (non-hydrogen) atoms. The highest BCUT2D eigenvalue weighted by Gasteiger charge is 2.32. The number of hydrogen-bond acceptors (Lipinski definition) is 5. The Morgan fingerprint density at radius 2 is 1.76 bits per heavy atom. The topological polar surface area (TPSA) is 55.4 Å². The summed E-state index contributed by atoms with van der Waals surface area (Å²) in [7, 11) is 0. The largest absolute Gasteiger partial charge is 0.416 e. The predicted molar refractivity (Wildman–Crippen MR) is 106 cm³/mol. The Morgan fingerprint density at radius 1 is 1.14 bits per heavy atom. The van der Waals surface area contributed by atoms with Gasteiger partial charge in [-0.2, -0.15) is 13.2 Å². The normalized spacial score (nSPS) is 17.6. The second-order valence-electron chi connectivity index (χ2n) is 6.94. The number of Topliss-reactive ketones (excluding diaryl/α,β-unsaturated/α-hetero) is 2. The van der Waals surface area contributed by atoms with Crippen LogP contribution in [-0.2, 0) is 20.6 Å². The molecule has 1 aliphatic carbocycles. The van der Waals surface area contributed by atoms with Gasteiger partial charge in [-0.05, 0) is 55.2 Å². The van der Waals surface area contributed by atoms with Gasteiger partial charge in [-0.25, -0.2) is 0 Å². The predicted octanol–water partition coefficient (Wildman–Crippen LogP) is 5.33. The van der Waals surface area contributed by atoms with E-state index in [0.717, 1.165) is 23.4 Å². The van der Waals surface area contributed by atoms with Gasteiger partial charge >= 0.3 is 6.18 Å². The number of hydrogen-bond donors (Lipinski definition) is 1. The van der Waals surface area contributed by atoms with Crippen molar-refractivity contribution in [1.29, 1.82) is 0 Å². The van der Waals surface area contributed by atoms with Crippen LogP contribution in [0.3, 0.4) is 0 Å². The molecule has 0 saturated heterocycles. The Bertz CT molecular complexity index is 725. The SMILES string of the molecule is CCCONC(CC)=C1C(=O)CC(CCSc2ccc(C(F)(F)F)cc2)CC1=O. The highest BCUT2D eigenvalue weighted by Crippen LogP contribution is 2.32. The zero-order valence-electron chi connectivity index (χ0n) is 16.6. The molecule has 0 atom stereocenters. The first-order valence-electron chi connectivity index (χ1n) is 9.73. The van der Waals surface area contributed by atoms with Crippen molar-refractivity contribution < 1.29 is 27.6 Å². The molecule has 0 amide bonds. The van der Waals surface area contributed by atoms with Crippen molar-refractivity contribution in [3.05, 3.63) is 41.1 Å². The third kappa shape index (κ3) is 6.89. The number of carbonyl (C=O) groups excluding carboxylic acids is 2. The fraction of sp³-hybridized carbons (Fsp3) is 0.524. The highest BCUT2D eigenvalue weighted by molar-refractivity contribution is 7.99. The maximum Gasteiger partial charge on any atom is 0.416 e. The van der Waals surface area contributed by atoms with Gasteiger partial charge in [0.1, 0.15) is 0 Å². The van der Waals surface area contributed by atoms with E-state index < -0.39 is 11.7 Å². The number of carbonyl (C=O) groups is 2. The average molecular weight is 430 g/mol. The van der Waals surface area contributed by atoms with Gasteiger partial charge in [0.2, 0.25) is 0 Å². The molecule has 0 radical (unpaired) electrons. The smallest absolute Gasteiger partial charge is 0.294 e. The monoisotopic (exact) mass is 429 g/mol. The van der Waals surface area contributed by atoms with E-state index in [1.165, 1.54) is 23.9 Å². The zero-order chi connectivity index (χ0) is 21.4. The Balaban J connectivity index is 1.88. The molecule has 1 saturated carbocycles.